The molecule has 0 fully saturated rings. The molecule has 1 aromatic heterocycles. The molecular formula is C8H9N5S. The van der Waals surface area contributed by atoms with Gasteiger partial charge in [0.25, 0.3) is 0 Å². The van der Waals surface area contributed by atoms with Crippen LogP contribution in [0.4, 0.5) is 5.13 Å². The second-order valence-electron chi connectivity index (χ2n) is 2.47. The number of aromatic nitrogens is 1. The highest BCUT2D eigenvalue weighted by molar-refractivity contribution is 7.16. The first-order chi connectivity index (χ1) is 6.74. The summed E-state index contributed by atoms with van der Waals surface area (Å²) < 4.78 is 0. The predicted molar refractivity (Wildman–Crippen MR) is 56.8 cm³/mol. The van der Waals surface area contributed by atoms with Gasteiger partial charge in [-0.15, -0.1) is 0 Å². The SMILES string of the molecule is Cc1nc(N)sc1C#CCCN=[N+]=[N-]. The summed E-state index contributed by atoms with van der Waals surface area (Å²) in [7, 11) is 0. The van der Waals surface area contributed by atoms with E-state index in [4.69, 9.17) is 11.3 Å². The van der Waals surface area contributed by atoms with E-state index >= 15 is 0 Å². The van der Waals surface area contributed by atoms with Gasteiger partial charge in [0.2, 0.25) is 0 Å². The molecule has 0 spiro atoms. The molecule has 0 aliphatic carbocycles. The molecule has 0 saturated heterocycles. The van der Waals surface area contributed by atoms with E-state index in [0.717, 1.165) is 10.6 Å². The van der Waals surface area contributed by atoms with Crippen molar-refractivity contribution < 1.29 is 0 Å². The van der Waals surface area contributed by atoms with E-state index in [-0.39, 0.29) is 0 Å². The lowest BCUT2D eigenvalue weighted by Crippen LogP contribution is -1.80. The summed E-state index contributed by atoms with van der Waals surface area (Å²) in [5, 5.41) is 3.90. The minimum absolute atomic E-state index is 0.400. The van der Waals surface area contributed by atoms with E-state index in [2.05, 4.69) is 26.9 Å². The van der Waals surface area contributed by atoms with Gasteiger partial charge in [-0.2, -0.15) is 0 Å². The van der Waals surface area contributed by atoms with Gasteiger partial charge in [-0.05, 0) is 12.5 Å². The Bertz CT molecular complexity index is 419. The third kappa shape index (κ3) is 2.98. The summed E-state index contributed by atoms with van der Waals surface area (Å²) in [5.74, 6) is 5.83. The van der Waals surface area contributed by atoms with Crippen LogP contribution < -0.4 is 5.73 Å². The van der Waals surface area contributed by atoms with Crippen molar-refractivity contribution in [1.82, 2.24) is 4.98 Å². The number of hydrogen-bond donors (Lipinski definition) is 1. The van der Waals surface area contributed by atoms with Gasteiger partial charge >= 0.3 is 0 Å². The van der Waals surface area contributed by atoms with Crippen molar-refractivity contribution >= 4 is 16.5 Å². The molecule has 0 aliphatic heterocycles. The quantitative estimate of drug-likeness (QED) is 0.264. The maximum atomic E-state index is 8.02. The molecule has 0 atom stereocenters. The van der Waals surface area contributed by atoms with Crippen molar-refractivity contribution in [2.75, 3.05) is 12.3 Å². The maximum Gasteiger partial charge on any atom is 0.181 e. The molecular weight excluding hydrogens is 198 g/mol. The van der Waals surface area contributed by atoms with Crippen LogP contribution in [0.2, 0.25) is 0 Å². The fraction of sp³-hybridized carbons (Fsp3) is 0.375. The van der Waals surface area contributed by atoms with Crippen LogP contribution in [0.1, 0.15) is 17.0 Å². The molecule has 0 aliphatic rings. The first-order valence-electron chi connectivity index (χ1n) is 3.96. The Balaban J connectivity index is 2.58. The fourth-order valence-electron chi connectivity index (χ4n) is 0.827. The zero-order chi connectivity index (χ0) is 10.4. The number of anilines is 1. The van der Waals surface area contributed by atoms with Crippen LogP contribution in [0.5, 0.6) is 0 Å². The van der Waals surface area contributed by atoms with Gasteiger partial charge in [0.15, 0.2) is 5.13 Å². The third-order valence-electron chi connectivity index (χ3n) is 1.42. The number of hydrogen-bond acceptors (Lipinski definition) is 4. The lowest BCUT2D eigenvalue weighted by atomic mass is 10.3. The minimum Gasteiger partial charge on any atom is -0.375 e. The van der Waals surface area contributed by atoms with Gasteiger partial charge in [-0.3, -0.25) is 0 Å². The van der Waals surface area contributed by atoms with Crippen molar-refractivity contribution in [2.24, 2.45) is 5.11 Å². The smallest absolute Gasteiger partial charge is 0.181 e. The highest BCUT2D eigenvalue weighted by Gasteiger charge is 2.00. The lowest BCUT2D eigenvalue weighted by Gasteiger charge is -1.81. The van der Waals surface area contributed by atoms with Crippen molar-refractivity contribution in [1.29, 1.82) is 0 Å². The lowest BCUT2D eigenvalue weighted by molar-refractivity contribution is 1.01. The largest absolute Gasteiger partial charge is 0.375 e. The molecule has 0 amide bonds. The van der Waals surface area contributed by atoms with Crippen LogP contribution in [-0.2, 0) is 0 Å². The summed E-state index contributed by atoms with van der Waals surface area (Å²) >= 11 is 1.37. The zero-order valence-electron chi connectivity index (χ0n) is 7.69. The van der Waals surface area contributed by atoms with Crippen LogP contribution in [0.3, 0.4) is 0 Å². The van der Waals surface area contributed by atoms with Gasteiger partial charge in [0.1, 0.15) is 4.88 Å². The van der Waals surface area contributed by atoms with Crippen LogP contribution in [0.25, 0.3) is 10.4 Å². The van der Waals surface area contributed by atoms with Gasteiger partial charge < -0.3 is 5.73 Å². The van der Waals surface area contributed by atoms with Crippen molar-refractivity contribution in [3.63, 3.8) is 0 Å². The normalized spacial score (nSPS) is 8.64. The fourth-order valence-corrected chi connectivity index (χ4v) is 1.53. The second-order valence-corrected chi connectivity index (χ2v) is 3.50. The summed E-state index contributed by atoms with van der Waals surface area (Å²) in [4.78, 5) is 7.55. The molecule has 1 rings (SSSR count). The van der Waals surface area contributed by atoms with Crippen LogP contribution in [0, 0.1) is 18.8 Å². The molecule has 0 radical (unpaired) electrons. The molecule has 2 N–H and O–H groups in total. The zero-order valence-corrected chi connectivity index (χ0v) is 8.51. The number of nitrogen functional groups attached to an aromatic ring is 1. The van der Waals surface area contributed by atoms with E-state index in [0.29, 0.717) is 18.1 Å². The first-order valence-corrected chi connectivity index (χ1v) is 4.78. The molecule has 0 aromatic carbocycles. The highest BCUT2D eigenvalue weighted by Crippen LogP contribution is 2.17. The Hall–Kier alpha value is -1.70. The van der Waals surface area contributed by atoms with Crippen molar-refractivity contribution in [3.8, 4) is 11.8 Å². The Kier molecular flexibility index (Phi) is 3.80. The minimum atomic E-state index is 0.400. The van der Waals surface area contributed by atoms with Gasteiger partial charge in [-0.1, -0.05) is 28.3 Å². The molecule has 1 heterocycles. The number of aryl methyl sites for hydroxylation is 1. The highest BCUT2D eigenvalue weighted by atomic mass is 32.1. The second kappa shape index (κ2) is 5.12. The number of azide groups is 1. The van der Waals surface area contributed by atoms with E-state index in [1.807, 2.05) is 6.92 Å². The van der Waals surface area contributed by atoms with E-state index in [1.54, 1.807) is 0 Å². The molecule has 0 unspecified atom stereocenters. The molecule has 14 heavy (non-hydrogen) atoms. The van der Waals surface area contributed by atoms with Crippen LogP contribution in [0.15, 0.2) is 5.11 Å². The van der Waals surface area contributed by atoms with Crippen LogP contribution in [-0.4, -0.2) is 11.5 Å². The Morgan fingerprint density at radius 2 is 2.50 bits per heavy atom. The Labute approximate surface area is 85.6 Å². The molecule has 5 nitrogen and oxygen atoms in total. The van der Waals surface area contributed by atoms with Crippen molar-refractivity contribution in [3.05, 3.63) is 21.0 Å². The Morgan fingerprint density at radius 1 is 1.71 bits per heavy atom. The first kappa shape index (κ1) is 10.4. The van der Waals surface area contributed by atoms with Crippen molar-refractivity contribution in [2.45, 2.75) is 13.3 Å². The van der Waals surface area contributed by atoms with E-state index < -0.39 is 0 Å². The predicted octanol–water partition coefficient (Wildman–Crippen LogP) is 2.09. The standard InChI is InChI=1S/C8H9N5S/c1-6-7(14-8(9)12-6)4-2-3-5-11-13-10/h3,5H2,1H3,(H2,9,12). The maximum absolute atomic E-state index is 8.02. The average Bonchev–Trinajstić information content (AvgIpc) is 2.45. The summed E-state index contributed by atoms with van der Waals surface area (Å²) in [6.45, 7) is 2.27. The molecule has 0 bridgehead atoms. The summed E-state index contributed by atoms with van der Waals surface area (Å²) in [6, 6.07) is 0. The van der Waals surface area contributed by atoms with Gasteiger partial charge in [0.05, 0.1) is 5.69 Å². The Morgan fingerprint density at radius 3 is 3.07 bits per heavy atom. The number of thiazole rings is 1. The van der Waals surface area contributed by atoms with Gasteiger partial charge in [-0.25, -0.2) is 4.98 Å². The van der Waals surface area contributed by atoms with E-state index in [9.17, 15) is 0 Å². The summed E-state index contributed by atoms with van der Waals surface area (Å²) in [5.41, 5.74) is 14.4. The monoisotopic (exact) mass is 207 g/mol. The average molecular weight is 207 g/mol. The molecule has 72 valence electrons. The topological polar surface area (TPSA) is 87.7 Å². The third-order valence-corrected chi connectivity index (χ3v) is 2.32. The number of nitrogens with two attached hydrogens (primary N) is 1. The molecule has 6 heteroatoms. The molecule has 0 saturated carbocycles. The van der Waals surface area contributed by atoms with E-state index in [1.165, 1.54) is 11.3 Å². The summed E-state index contributed by atoms with van der Waals surface area (Å²) in [6.07, 6.45) is 0.557. The number of nitrogens with zero attached hydrogens (tertiary/aromatic N) is 4. The van der Waals surface area contributed by atoms with Gasteiger partial charge in [0, 0.05) is 17.9 Å². The number of rotatable bonds is 2. The van der Waals surface area contributed by atoms with Crippen LogP contribution >= 0.6 is 11.3 Å². The molecule has 1 aromatic rings.